The molecule has 6 heteroatoms. The van der Waals surface area contributed by atoms with Crippen LogP contribution >= 0.6 is 0 Å². The standard InChI is InChI=1S/C26H36N2O4/c1-3-5-7-9-15-31-23-13-11-21(25(29)17-23)19-27-28-20-22-12-14-24(18-26(22)30)32-16-10-8-6-4-2/h11-14,17-20,29-30H,3-10,15-16H2,1-2H3. The number of ether oxygens (including phenoxy) is 2. The minimum Gasteiger partial charge on any atom is -0.507 e. The summed E-state index contributed by atoms with van der Waals surface area (Å²) >= 11 is 0. The summed E-state index contributed by atoms with van der Waals surface area (Å²) in [5.74, 6) is 1.44. The lowest BCUT2D eigenvalue weighted by Crippen LogP contribution is -1.97. The summed E-state index contributed by atoms with van der Waals surface area (Å²) in [4.78, 5) is 0. The Morgan fingerprint density at radius 3 is 1.47 bits per heavy atom. The highest BCUT2D eigenvalue weighted by Crippen LogP contribution is 2.24. The summed E-state index contributed by atoms with van der Waals surface area (Å²) in [5, 5.41) is 28.3. The van der Waals surface area contributed by atoms with Crippen LogP contribution in [-0.4, -0.2) is 35.9 Å². The maximum absolute atomic E-state index is 10.2. The molecule has 0 atom stereocenters. The number of nitrogens with zero attached hydrogens (tertiary/aromatic N) is 2. The summed E-state index contributed by atoms with van der Waals surface area (Å²) in [5.41, 5.74) is 1.08. The Morgan fingerprint density at radius 1 is 0.656 bits per heavy atom. The van der Waals surface area contributed by atoms with E-state index < -0.39 is 0 Å². The van der Waals surface area contributed by atoms with Crippen molar-refractivity contribution in [1.29, 1.82) is 0 Å². The van der Waals surface area contributed by atoms with Crippen LogP contribution in [0.25, 0.3) is 0 Å². The molecule has 0 aliphatic carbocycles. The van der Waals surface area contributed by atoms with E-state index in [0.29, 0.717) is 35.8 Å². The summed E-state index contributed by atoms with van der Waals surface area (Å²) in [6.07, 6.45) is 12.0. The molecule has 0 saturated carbocycles. The van der Waals surface area contributed by atoms with Gasteiger partial charge >= 0.3 is 0 Å². The number of phenolic OH excluding ortho intramolecular Hbond substituents is 2. The molecule has 0 heterocycles. The molecule has 6 nitrogen and oxygen atoms in total. The highest BCUT2D eigenvalue weighted by atomic mass is 16.5. The summed E-state index contributed by atoms with van der Waals surface area (Å²) in [7, 11) is 0. The van der Waals surface area contributed by atoms with Gasteiger partial charge < -0.3 is 19.7 Å². The SMILES string of the molecule is CCCCCCOc1ccc(C=NN=Cc2ccc(OCCCCCC)cc2O)c(O)c1. The van der Waals surface area contributed by atoms with Crippen molar-refractivity contribution < 1.29 is 19.7 Å². The third-order valence-electron chi connectivity index (χ3n) is 5.00. The second-order valence-corrected chi connectivity index (χ2v) is 7.75. The smallest absolute Gasteiger partial charge is 0.128 e. The minimum atomic E-state index is 0.0818. The van der Waals surface area contributed by atoms with E-state index in [1.54, 1.807) is 36.4 Å². The normalized spacial score (nSPS) is 11.4. The zero-order chi connectivity index (χ0) is 23.0. The number of hydrogen-bond acceptors (Lipinski definition) is 6. The zero-order valence-corrected chi connectivity index (χ0v) is 19.3. The summed E-state index contributed by atoms with van der Waals surface area (Å²) < 4.78 is 11.3. The molecule has 2 aromatic carbocycles. The van der Waals surface area contributed by atoms with E-state index in [9.17, 15) is 10.2 Å². The molecular formula is C26H36N2O4. The molecule has 0 aliphatic rings. The fraction of sp³-hybridized carbons (Fsp3) is 0.462. The molecule has 2 aromatic rings. The van der Waals surface area contributed by atoms with Crippen molar-refractivity contribution in [2.45, 2.75) is 65.2 Å². The number of aromatic hydroxyl groups is 2. The molecule has 0 aromatic heterocycles. The van der Waals surface area contributed by atoms with Crippen LogP contribution in [-0.2, 0) is 0 Å². The molecule has 174 valence electrons. The molecule has 0 spiro atoms. The highest BCUT2D eigenvalue weighted by molar-refractivity contribution is 5.86. The van der Waals surface area contributed by atoms with Gasteiger partial charge in [0.15, 0.2) is 0 Å². The lowest BCUT2D eigenvalue weighted by molar-refractivity contribution is 0.303. The van der Waals surface area contributed by atoms with Crippen molar-refractivity contribution >= 4 is 12.4 Å². The van der Waals surface area contributed by atoms with Crippen LogP contribution in [0.3, 0.4) is 0 Å². The zero-order valence-electron chi connectivity index (χ0n) is 19.3. The van der Waals surface area contributed by atoms with Gasteiger partial charge in [-0.1, -0.05) is 52.4 Å². The molecular weight excluding hydrogens is 404 g/mol. The molecule has 2 N–H and O–H groups in total. The van der Waals surface area contributed by atoms with E-state index in [1.165, 1.54) is 38.1 Å². The first-order chi connectivity index (χ1) is 15.6. The van der Waals surface area contributed by atoms with E-state index in [1.807, 2.05) is 0 Å². The van der Waals surface area contributed by atoms with Crippen LogP contribution in [0.5, 0.6) is 23.0 Å². The van der Waals surface area contributed by atoms with Gasteiger partial charge in [0.1, 0.15) is 23.0 Å². The van der Waals surface area contributed by atoms with Gasteiger partial charge in [-0.3, -0.25) is 0 Å². The molecule has 0 aliphatic heterocycles. The maximum atomic E-state index is 10.2. The average Bonchev–Trinajstić information content (AvgIpc) is 2.78. The lowest BCUT2D eigenvalue weighted by atomic mass is 10.2. The fourth-order valence-electron chi connectivity index (χ4n) is 3.07. The Bertz CT molecular complexity index is 793. The molecule has 32 heavy (non-hydrogen) atoms. The molecule has 2 rings (SSSR count). The van der Waals surface area contributed by atoms with Crippen molar-refractivity contribution in [1.82, 2.24) is 0 Å². The van der Waals surface area contributed by atoms with Crippen LogP contribution in [0.2, 0.25) is 0 Å². The largest absolute Gasteiger partial charge is 0.507 e. The monoisotopic (exact) mass is 440 g/mol. The van der Waals surface area contributed by atoms with Gasteiger partial charge in [0.05, 0.1) is 25.6 Å². The first-order valence-electron chi connectivity index (χ1n) is 11.6. The molecule has 0 unspecified atom stereocenters. The van der Waals surface area contributed by atoms with Gasteiger partial charge in [-0.25, -0.2) is 0 Å². The predicted molar refractivity (Wildman–Crippen MR) is 131 cm³/mol. The summed E-state index contributed by atoms with van der Waals surface area (Å²) in [6.45, 7) is 5.63. The molecule has 0 amide bonds. The van der Waals surface area contributed by atoms with Crippen LogP contribution in [0.15, 0.2) is 46.6 Å². The first kappa shape index (κ1) is 25.2. The first-order valence-corrected chi connectivity index (χ1v) is 11.6. The number of hydrogen-bond donors (Lipinski definition) is 2. The third-order valence-corrected chi connectivity index (χ3v) is 5.00. The van der Waals surface area contributed by atoms with E-state index in [-0.39, 0.29) is 11.5 Å². The third kappa shape index (κ3) is 9.41. The van der Waals surface area contributed by atoms with Crippen LogP contribution in [0.4, 0.5) is 0 Å². The van der Waals surface area contributed by atoms with Crippen LogP contribution in [0, 0.1) is 0 Å². The lowest BCUT2D eigenvalue weighted by Gasteiger charge is -2.07. The van der Waals surface area contributed by atoms with Gasteiger partial charge in [0.2, 0.25) is 0 Å². The Kier molecular flexibility index (Phi) is 11.7. The van der Waals surface area contributed by atoms with Crippen molar-refractivity contribution in [3.63, 3.8) is 0 Å². The Hall–Kier alpha value is -3.02. The van der Waals surface area contributed by atoms with Crippen LogP contribution < -0.4 is 9.47 Å². The van der Waals surface area contributed by atoms with Gasteiger partial charge in [0, 0.05) is 23.3 Å². The van der Waals surface area contributed by atoms with Gasteiger partial charge in [-0.15, -0.1) is 0 Å². The number of unbranched alkanes of at least 4 members (excludes halogenated alkanes) is 6. The minimum absolute atomic E-state index is 0.0818. The van der Waals surface area contributed by atoms with Crippen molar-refractivity contribution in [2.75, 3.05) is 13.2 Å². The van der Waals surface area contributed by atoms with E-state index >= 15 is 0 Å². The molecule has 0 radical (unpaired) electrons. The van der Waals surface area contributed by atoms with Crippen molar-refractivity contribution in [2.24, 2.45) is 10.2 Å². The maximum Gasteiger partial charge on any atom is 0.128 e. The Labute approximate surface area is 191 Å². The Morgan fingerprint density at radius 2 is 1.09 bits per heavy atom. The number of phenols is 2. The topological polar surface area (TPSA) is 83.6 Å². The van der Waals surface area contributed by atoms with Crippen LogP contribution in [0.1, 0.15) is 76.3 Å². The van der Waals surface area contributed by atoms with Gasteiger partial charge in [0.25, 0.3) is 0 Å². The van der Waals surface area contributed by atoms with Gasteiger partial charge in [-0.05, 0) is 37.1 Å². The average molecular weight is 441 g/mol. The van der Waals surface area contributed by atoms with Crippen molar-refractivity contribution in [3.05, 3.63) is 47.5 Å². The quantitative estimate of drug-likeness (QED) is 0.189. The second kappa shape index (κ2) is 14.9. The van der Waals surface area contributed by atoms with Gasteiger partial charge in [-0.2, -0.15) is 10.2 Å². The molecule has 0 saturated heterocycles. The number of rotatable bonds is 15. The molecule has 0 fully saturated rings. The fourth-order valence-corrected chi connectivity index (χ4v) is 3.07. The van der Waals surface area contributed by atoms with E-state index in [0.717, 1.165) is 25.7 Å². The summed E-state index contributed by atoms with van der Waals surface area (Å²) in [6, 6.07) is 10.2. The second-order valence-electron chi connectivity index (χ2n) is 7.75. The highest BCUT2D eigenvalue weighted by Gasteiger charge is 2.03. The van der Waals surface area contributed by atoms with E-state index in [4.69, 9.17) is 9.47 Å². The Balaban J connectivity index is 1.83. The number of benzene rings is 2. The van der Waals surface area contributed by atoms with E-state index in [2.05, 4.69) is 24.1 Å². The predicted octanol–water partition coefficient (Wildman–Crippen LogP) is 6.47. The van der Waals surface area contributed by atoms with Crippen molar-refractivity contribution in [3.8, 4) is 23.0 Å². The molecule has 0 bridgehead atoms.